The van der Waals surface area contributed by atoms with Crippen LogP contribution in [0.1, 0.15) is 28.4 Å². The molecule has 0 radical (unpaired) electrons. The molecule has 31 heavy (non-hydrogen) atoms. The molecular formula is C27H23N3O. The number of para-hydroxylation sites is 1. The number of aromatic nitrogens is 1. The van der Waals surface area contributed by atoms with Gasteiger partial charge in [0.05, 0.1) is 23.0 Å². The summed E-state index contributed by atoms with van der Waals surface area (Å²) >= 11 is 0. The van der Waals surface area contributed by atoms with Crippen LogP contribution in [0.25, 0.3) is 28.2 Å². The van der Waals surface area contributed by atoms with Crippen LogP contribution < -0.4 is 5.43 Å². The van der Waals surface area contributed by atoms with Crippen LogP contribution in [-0.4, -0.2) is 17.1 Å². The summed E-state index contributed by atoms with van der Waals surface area (Å²) < 4.78 is 0. The van der Waals surface area contributed by atoms with Crippen molar-refractivity contribution in [2.75, 3.05) is 0 Å². The van der Waals surface area contributed by atoms with E-state index in [0.29, 0.717) is 5.56 Å². The smallest absolute Gasteiger partial charge is 0.267 e. The Morgan fingerprint density at radius 1 is 0.935 bits per heavy atom. The van der Waals surface area contributed by atoms with Gasteiger partial charge >= 0.3 is 0 Å². The fourth-order valence-electron chi connectivity index (χ4n) is 3.34. The van der Waals surface area contributed by atoms with Gasteiger partial charge in [0, 0.05) is 10.9 Å². The molecule has 0 aliphatic carbocycles. The zero-order chi connectivity index (χ0) is 21.6. The van der Waals surface area contributed by atoms with Crippen molar-refractivity contribution in [2.24, 2.45) is 5.10 Å². The third-order valence-corrected chi connectivity index (χ3v) is 4.94. The van der Waals surface area contributed by atoms with Crippen molar-refractivity contribution in [3.63, 3.8) is 0 Å². The second-order valence-corrected chi connectivity index (χ2v) is 7.44. The van der Waals surface area contributed by atoms with Crippen LogP contribution in [0.15, 0.2) is 95.6 Å². The Morgan fingerprint density at radius 3 is 2.42 bits per heavy atom. The van der Waals surface area contributed by atoms with Crippen molar-refractivity contribution >= 4 is 29.1 Å². The Hall–Kier alpha value is -4.05. The molecule has 4 heteroatoms. The van der Waals surface area contributed by atoms with E-state index in [1.165, 1.54) is 5.56 Å². The largest absolute Gasteiger partial charge is 0.272 e. The van der Waals surface area contributed by atoms with Crippen LogP contribution in [0, 0.1) is 6.92 Å². The Morgan fingerprint density at radius 2 is 1.65 bits per heavy atom. The molecule has 1 amide bonds. The molecule has 0 aliphatic heterocycles. The zero-order valence-corrected chi connectivity index (χ0v) is 17.5. The number of nitrogens with zero attached hydrogens (tertiary/aromatic N) is 2. The fourth-order valence-corrected chi connectivity index (χ4v) is 3.34. The molecule has 0 fully saturated rings. The number of hydrazone groups is 1. The third kappa shape index (κ3) is 4.93. The van der Waals surface area contributed by atoms with Gasteiger partial charge in [-0.05, 0) is 37.1 Å². The highest BCUT2D eigenvalue weighted by Gasteiger charge is 2.13. The lowest BCUT2D eigenvalue weighted by molar-refractivity contribution is 0.0956. The van der Waals surface area contributed by atoms with Gasteiger partial charge in [0.1, 0.15) is 0 Å². The first-order chi connectivity index (χ1) is 15.1. The van der Waals surface area contributed by atoms with Crippen LogP contribution in [0.4, 0.5) is 0 Å². The quantitative estimate of drug-likeness (QED) is 0.326. The second kappa shape index (κ2) is 9.18. The van der Waals surface area contributed by atoms with Gasteiger partial charge in [0.2, 0.25) is 0 Å². The Balaban J connectivity index is 1.61. The number of rotatable bonds is 5. The molecule has 0 aliphatic rings. The highest BCUT2D eigenvalue weighted by atomic mass is 16.2. The van der Waals surface area contributed by atoms with Crippen LogP contribution in [0.2, 0.25) is 0 Å². The van der Waals surface area contributed by atoms with E-state index in [-0.39, 0.29) is 5.91 Å². The Kier molecular flexibility index (Phi) is 5.99. The summed E-state index contributed by atoms with van der Waals surface area (Å²) in [5.74, 6) is -0.268. The molecule has 4 aromatic rings. The molecule has 0 atom stereocenters. The van der Waals surface area contributed by atoms with Crippen LogP contribution >= 0.6 is 0 Å². The molecule has 1 N–H and O–H groups in total. The number of fused-ring (bicyclic) bond motifs is 1. The Labute approximate surface area is 182 Å². The molecule has 0 saturated carbocycles. The summed E-state index contributed by atoms with van der Waals surface area (Å²) in [6.07, 6.45) is 3.65. The minimum absolute atomic E-state index is 0.268. The van der Waals surface area contributed by atoms with Crippen molar-refractivity contribution in [1.29, 1.82) is 0 Å². The molecule has 152 valence electrons. The lowest BCUT2D eigenvalue weighted by Crippen LogP contribution is -2.18. The number of aryl methyl sites for hydroxylation is 1. The predicted octanol–water partition coefficient (Wildman–Crippen LogP) is 6.03. The standard InChI is InChI=1S/C27H23N3O/c1-19-12-14-22(15-13-19)26-17-24(23-10-6-7-11-25(23)29-26)27(31)30-28-18-20(2)16-21-8-4-3-5-9-21/h3-18H,1-2H3,(H,30,31)/b20-16+,28-18-. The van der Waals surface area contributed by atoms with E-state index < -0.39 is 0 Å². The molecule has 0 spiro atoms. The molecule has 3 aromatic carbocycles. The number of carbonyl (C=O) groups is 1. The second-order valence-electron chi connectivity index (χ2n) is 7.44. The fraction of sp³-hybridized carbons (Fsp3) is 0.0741. The number of hydrogen-bond donors (Lipinski definition) is 1. The maximum atomic E-state index is 13.0. The maximum absolute atomic E-state index is 13.0. The van der Waals surface area contributed by atoms with E-state index in [1.807, 2.05) is 105 Å². The number of amides is 1. The minimum atomic E-state index is -0.268. The number of nitrogens with one attached hydrogen (secondary N) is 1. The summed E-state index contributed by atoms with van der Waals surface area (Å²) in [6.45, 7) is 3.99. The first kappa shape index (κ1) is 20.2. The molecular weight excluding hydrogens is 382 g/mol. The first-order valence-electron chi connectivity index (χ1n) is 10.1. The highest BCUT2D eigenvalue weighted by Crippen LogP contribution is 2.25. The topological polar surface area (TPSA) is 54.4 Å². The van der Waals surface area contributed by atoms with Crippen molar-refractivity contribution in [1.82, 2.24) is 10.4 Å². The Bertz CT molecular complexity index is 1270. The molecule has 0 bridgehead atoms. The molecule has 0 saturated heterocycles. The molecule has 0 unspecified atom stereocenters. The SMILES string of the molecule is CC(/C=N\NC(=O)c1cc(-c2ccc(C)cc2)nc2ccccc12)=C\c1ccccc1. The normalized spacial score (nSPS) is 11.7. The minimum Gasteiger partial charge on any atom is -0.267 e. The van der Waals surface area contributed by atoms with Gasteiger partial charge in [-0.25, -0.2) is 10.4 Å². The molecule has 4 nitrogen and oxygen atoms in total. The molecule has 1 aromatic heterocycles. The number of pyridine rings is 1. The lowest BCUT2D eigenvalue weighted by Gasteiger charge is -2.09. The lowest BCUT2D eigenvalue weighted by atomic mass is 10.0. The number of hydrogen-bond acceptors (Lipinski definition) is 3. The van der Waals surface area contributed by atoms with Crippen LogP contribution in [0.3, 0.4) is 0 Å². The number of benzene rings is 3. The van der Waals surface area contributed by atoms with Gasteiger partial charge in [-0.15, -0.1) is 0 Å². The highest BCUT2D eigenvalue weighted by molar-refractivity contribution is 6.07. The van der Waals surface area contributed by atoms with Crippen LogP contribution in [-0.2, 0) is 0 Å². The molecule has 4 rings (SSSR count). The van der Waals surface area contributed by atoms with Gasteiger partial charge in [0.25, 0.3) is 5.91 Å². The van der Waals surface area contributed by atoms with Crippen LogP contribution in [0.5, 0.6) is 0 Å². The third-order valence-electron chi connectivity index (χ3n) is 4.94. The van der Waals surface area contributed by atoms with E-state index in [9.17, 15) is 4.79 Å². The number of allylic oxidation sites excluding steroid dienone is 1. The van der Waals surface area contributed by atoms with Crippen molar-refractivity contribution in [2.45, 2.75) is 13.8 Å². The summed E-state index contributed by atoms with van der Waals surface area (Å²) in [7, 11) is 0. The molecule has 1 heterocycles. The van der Waals surface area contributed by atoms with Crippen molar-refractivity contribution in [3.05, 3.63) is 107 Å². The maximum Gasteiger partial charge on any atom is 0.272 e. The summed E-state index contributed by atoms with van der Waals surface area (Å²) in [5.41, 5.74) is 8.90. The predicted molar refractivity (Wildman–Crippen MR) is 128 cm³/mol. The van der Waals surface area contributed by atoms with Gasteiger partial charge in [-0.2, -0.15) is 5.10 Å². The average Bonchev–Trinajstić information content (AvgIpc) is 2.79. The van der Waals surface area contributed by atoms with E-state index in [2.05, 4.69) is 10.5 Å². The van der Waals surface area contributed by atoms with E-state index in [4.69, 9.17) is 4.98 Å². The summed E-state index contributed by atoms with van der Waals surface area (Å²) in [4.78, 5) is 17.7. The van der Waals surface area contributed by atoms with Gasteiger partial charge in [0.15, 0.2) is 0 Å². The monoisotopic (exact) mass is 405 g/mol. The first-order valence-corrected chi connectivity index (χ1v) is 10.1. The number of carbonyl (C=O) groups excluding carboxylic acids is 1. The van der Waals surface area contributed by atoms with Crippen molar-refractivity contribution in [3.8, 4) is 11.3 Å². The van der Waals surface area contributed by atoms with E-state index >= 15 is 0 Å². The van der Waals surface area contributed by atoms with Gasteiger partial charge < -0.3 is 0 Å². The van der Waals surface area contributed by atoms with Crippen molar-refractivity contribution < 1.29 is 4.79 Å². The van der Waals surface area contributed by atoms with E-state index in [0.717, 1.165) is 33.3 Å². The summed E-state index contributed by atoms with van der Waals surface area (Å²) in [5, 5.41) is 4.95. The van der Waals surface area contributed by atoms with E-state index in [1.54, 1.807) is 6.21 Å². The van der Waals surface area contributed by atoms with Gasteiger partial charge in [-0.1, -0.05) is 84.4 Å². The average molecular weight is 406 g/mol. The zero-order valence-electron chi connectivity index (χ0n) is 17.5. The van der Waals surface area contributed by atoms with Gasteiger partial charge in [-0.3, -0.25) is 4.79 Å². The summed E-state index contributed by atoms with van der Waals surface area (Å²) in [6, 6.07) is 27.6.